The van der Waals surface area contributed by atoms with Gasteiger partial charge in [-0.2, -0.15) is 0 Å². The van der Waals surface area contributed by atoms with Crippen LogP contribution in [0.15, 0.2) is 24.3 Å². The third-order valence-electron chi connectivity index (χ3n) is 2.88. The lowest BCUT2D eigenvalue weighted by Crippen LogP contribution is -2.36. The van der Waals surface area contributed by atoms with Crippen LogP contribution in [-0.4, -0.2) is 5.54 Å². The molecule has 1 fully saturated rings. The first-order chi connectivity index (χ1) is 6.12. The smallest absolute Gasteiger partial charge is 0.0477 e. The monoisotopic (exact) mass is 176 g/mol. The summed E-state index contributed by atoms with van der Waals surface area (Å²) in [5, 5.41) is 0. The molecule has 1 aliphatic carbocycles. The number of benzene rings is 1. The topological polar surface area (TPSA) is 52.0 Å². The van der Waals surface area contributed by atoms with Crippen molar-refractivity contribution < 1.29 is 0 Å². The molecule has 4 N–H and O–H groups in total. The van der Waals surface area contributed by atoms with Gasteiger partial charge in [-0.05, 0) is 25.3 Å². The van der Waals surface area contributed by atoms with Gasteiger partial charge in [-0.15, -0.1) is 0 Å². The van der Waals surface area contributed by atoms with Crippen molar-refractivity contribution in [2.24, 2.45) is 11.5 Å². The molecule has 0 heterocycles. The molecule has 0 saturated heterocycles. The zero-order valence-electron chi connectivity index (χ0n) is 7.96. The second kappa shape index (κ2) is 2.82. The van der Waals surface area contributed by atoms with Crippen LogP contribution in [0.5, 0.6) is 0 Å². The highest BCUT2D eigenvalue weighted by molar-refractivity contribution is 5.28. The highest BCUT2D eigenvalue weighted by Gasteiger charge is 2.44. The van der Waals surface area contributed by atoms with Gasteiger partial charge in [-0.25, -0.2) is 0 Å². The summed E-state index contributed by atoms with van der Waals surface area (Å²) in [5.41, 5.74) is 14.4. The van der Waals surface area contributed by atoms with E-state index in [-0.39, 0.29) is 11.6 Å². The average molecular weight is 176 g/mol. The van der Waals surface area contributed by atoms with Gasteiger partial charge in [0, 0.05) is 11.6 Å². The van der Waals surface area contributed by atoms with Gasteiger partial charge >= 0.3 is 0 Å². The lowest BCUT2D eigenvalue weighted by atomic mass is 9.98. The van der Waals surface area contributed by atoms with Crippen molar-refractivity contribution in [2.75, 3.05) is 0 Å². The molecule has 2 nitrogen and oxygen atoms in total. The Labute approximate surface area is 78.9 Å². The Morgan fingerprint density at radius 3 is 2.23 bits per heavy atom. The molecule has 0 aliphatic heterocycles. The van der Waals surface area contributed by atoms with Gasteiger partial charge in [0.25, 0.3) is 0 Å². The minimum Gasteiger partial charge on any atom is -0.323 e. The van der Waals surface area contributed by atoms with Crippen LogP contribution in [0, 0.1) is 6.92 Å². The summed E-state index contributed by atoms with van der Waals surface area (Å²) in [6.45, 7) is 2.07. The van der Waals surface area contributed by atoms with Crippen LogP contribution in [0.2, 0.25) is 0 Å². The molecule has 0 spiro atoms. The van der Waals surface area contributed by atoms with Crippen molar-refractivity contribution in [3.63, 3.8) is 0 Å². The number of nitrogens with two attached hydrogens (primary N) is 2. The predicted molar refractivity (Wildman–Crippen MR) is 54.3 cm³/mol. The molecule has 1 aromatic rings. The second-order valence-electron chi connectivity index (χ2n) is 4.12. The molecule has 0 amide bonds. The van der Waals surface area contributed by atoms with Gasteiger partial charge in [0.1, 0.15) is 0 Å². The highest BCUT2D eigenvalue weighted by Crippen LogP contribution is 2.41. The van der Waals surface area contributed by atoms with Crippen LogP contribution >= 0.6 is 0 Å². The van der Waals surface area contributed by atoms with E-state index in [2.05, 4.69) is 31.2 Å². The van der Waals surface area contributed by atoms with Crippen molar-refractivity contribution in [2.45, 2.75) is 31.3 Å². The van der Waals surface area contributed by atoms with Crippen LogP contribution < -0.4 is 11.5 Å². The highest BCUT2D eigenvalue weighted by atomic mass is 14.9. The van der Waals surface area contributed by atoms with Gasteiger partial charge in [-0.1, -0.05) is 29.8 Å². The maximum Gasteiger partial charge on any atom is 0.0477 e. The largest absolute Gasteiger partial charge is 0.323 e. The summed E-state index contributed by atoms with van der Waals surface area (Å²) < 4.78 is 0. The minimum atomic E-state index is -0.116. The van der Waals surface area contributed by atoms with E-state index in [0.717, 1.165) is 18.4 Å². The van der Waals surface area contributed by atoms with Crippen LogP contribution in [0.25, 0.3) is 0 Å². The fraction of sp³-hybridized carbons (Fsp3) is 0.455. The average Bonchev–Trinajstić information content (AvgIpc) is 2.85. The number of hydrogen-bond donors (Lipinski definition) is 2. The van der Waals surface area contributed by atoms with Gasteiger partial charge in [0.15, 0.2) is 0 Å². The van der Waals surface area contributed by atoms with Crippen molar-refractivity contribution in [1.82, 2.24) is 0 Å². The molecule has 2 heteroatoms. The molecule has 0 radical (unpaired) electrons. The molecule has 1 aliphatic rings. The van der Waals surface area contributed by atoms with E-state index in [4.69, 9.17) is 11.5 Å². The van der Waals surface area contributed by atoms with Gasteiger partial charge in [-0.3, -0.25) is 0 Å². The first-order valence-electron chi connectivity index (χ1n) is 4.73. The fourth-order valence-corrected chi connectivity index (χ4v) is 1.56. The number of aryl methyl sites for hydroxylation is 1. The second-order valence-corrected chi connectivity index (χ2v) is 4.12. The fourth-order valence-electron chi connectivity index (χ4n) is 1.56. The molecular weight excluding hydrogens is 160 g/mol. The van der Waals surface area contributed by atoms with Gasteiger partial charge in [0.2, 0.25) is 0 Å². The molecule has 70 valence electrons. The standard InChI is InChI=1S/C11H16N2/c1-8-2-4-9(5-3-8)10(12)11(13)6-7-11/h2-5,10H,6-7,12-13H2,1H3. The van der Waals surface area contributed by atoms with E-state index in [1.807, 2.05) is 0 Å². The van der Waals surface area contributed by atoms with E-state index in [1.54, 1.807) is 0 Å². The van der Waals surface area contributed by atoms with Crippen molar-refractivity contribution >= 4 is 0 Å². The molecule has 1 atom stereocenters. The Bertz CT molecular complexity index is 298. The lowest BCUT2D eigenvalue weighted by molar-refractivity contribution is 0.536. The van der Waals surface area contributed by atoms with Crippen molar-refractivity contribution in [3.8, 4) is 0 Å². The Hall–Kier alpha value is -0.860. The van der Waals surface area contributed by atoms with E-state index in [0.29, 0.717) is 0 Å². The SMILES string of the molecule is Cc1ccc(C(N)C2(N)CC2)cc1. The minimum absolute atomic E-state index is 0.00750. The Balaban J connectivity index is 2.20. The van der Waals surface area contributed by atoms with Gasteiger partial charge in [0.05, 0.1) is 0 Å². The summed E-state index contributed by atoms with van der Waals surface area (Å²) in [4.78, 5) is 0. The predicted octanol–water partition coefficient (Wildman–Crippen LogP) is 1.49. The van der Waals surface area contributed by atoms with Crippen LogP contribution in [0.1, 0.15) is 30.0 Å². The van der Waals surface area contributed by atoms with E-state index >= 15 is 0 Å². The van der Waals surface area contributed by atoms with Crippen LogP contribution in [0.4, 0.5) is 0 Å². The third-order valence-corrected chi connectivity index (χ3v) is 2.88. The molecular formula is C11H16N2. The number of rotatable bonds is 2. The molecule has 13 heavy (non-hydrogen) atoms. The Morgan fingerprint density at radius 1 is 1.23 bits per heavy atom. The summed E-state index contributed by atoms with van der Waals surface area (Å²) in [5.74, 6) is 0. The lowest BCUT2D eigenvalue weighted by Gasteiger charge is -2.19. The Kier molecular flexibility index (Phi) is 1.90. The third kappa shape index (κ3) is 1.60. The maximum absolute atomic E-state index is 6.06. The van der Waals surface area contributed by atoms with Crippen LogP contribution in [-0.2, 0) is 0 Å². The summed E-state index contributed by atoms with van der Waals surface area (Å²) in [6.07, 6.45) is 2.12. The molecule has 1 unspecified atom stereocenters. The molecule has 0 bridgehead atoms. The van der Waals surface area contributed by atoms with Crippen LogP contribution in [0.3, 0.4) is 0 Å². The van der Waals surface area contributed by atoms with E-state index < -0.39 is 0 Å². The first-order valence-corrected chi connectivity index (χ1v) is 4.73. The maximum atomic E-state index is 6.06. The summed E-state index contributed by atoms with van der Waals surface area (Å²) in [7, 11) is 0. The van der Waals surface area contributed by atoms with E-state index in [1.165, 1.54) is 5.56 Å². The quantitative estimate of drug-likeness (QED) is 0.717. The summed E-state index contributed by atoms with van der Waals surface area (Å²) in [6, 6.07) is 8.33. The first kappa shape index (κ1) is 8.73. The zero-order chi connectivity index (χ0) is 9.47. The Morgan fingerprint density at radius 2 is 1.77 bits per heavy atom. The summed E-state index contributed by atoms with van der Waals surface area (Å²) >= 11 is 0. The van der Waals surface area contributed by atoms with Crippen molar-refractivity contribution in [3.05, 3.63) is 35.4 Å². The molecule has 2 rings (SSSR count). The van der Waals surface area contributed by atoms with Gasteiger partial charge < -0.3 is 11.5 Å². The van der Waals surface area contributed by atoms with Crippen molar-refractivity contribution in [1.29, 1.82) is 0 Å². The number of hydrogen-bond acceptors (Lipinski definition) is 2. The molecule has 1 aromatic carbocycles. The normalized spacial score (nSPS) is 21.2. The molecule has 1 saturated carbocycles. The molecule has 0 aromatic heterocycles. The van der Waals surface area contributed by atoms with E-state index in [9.17, 15) is 0 Å². The zero-order valence-corrected chi connectivity index (χ0v) is 7.96.